The molecule has 4 rings (SSSR count). The van der Waals surface area contributed by atoms with E-state index in [1.54, 1.807) is 0 Å². The summed E-state index contributed by atoms with van der Waals surface area (Å²) in [7, 11) is 1.89. The number of nitrogens with zero attached hydrogens (tertiary/aromatic N) is 3. The van der Waals surface area contributed by atoms with Crippen LogP contribution in [-0.4, -0.2) is 36.1 Å². The molecule has 2 aromatic carbocycles. The summed E-state index contributed by atoms with van der Waals surface area (Å²) < 4.78 is 5.39. The summed E-state index contributed by atoms with van der Waals surface area (Å²) in [5, 5.41) is 10.4. The maximum Gasteiger partial charge on any atom is 0.258 e. The number of hydrogen-bond donors (Lipinski definition) is 2. The van der Waals surface area contributed by atoms with Gasteiger partial charge in [0.2, 0.25) is 5.82 Å². The van der Waals surface area contributed by atoms with Crippen LogP contribution in [0.3, 0.4) is 0 Å². The highest BCUT2D eigenvalue weighted by Crippen LogP contribution is 2.23. The van der Waals surface area contributed by atoms with Crippen LogP contribution in [0, 0.1) is 0 Å². The van der Waals surface area contributed by atoms with Gasteiger partial charge >= 0.3 is 0 Å². The Labute approximate surface area is 139 Å². The molecule has 0 radical (unpaired) electrons. The summed E-state index contributed by atoms with van der Waals surface area (Å²) >= 11 is 0. The fourth-order valence-electron chi connectivity index (χ4n) is 2.61. The number of anilines is 1. The first-order valence-corrected chi connectivity index (χ1v) is 7.84. The average molecular weight is 319 g/mol. The number of benzene rings is 2. The molecule has 2 N–H and O–H groups in total. The Hall–Kier alpha value is -3.15. The van der Waals surface area contributed by atoms with Crippen LogP contribution in [0.1, 0.15) is 5.56 Å². The summed E-state index contributed by atoms with van der Waals surface area (Å²) in [6, 6.07) is 15.9. The monoisotopic (exact) mass is 319 g/mol. The second-order valence-corrected chi connectivity index (χ2v) is 5.48. The predicted molar refractivity (Wildman–Crippen MR) is 94.1 cm³/mol. The van der Waals surface area contributed by atoms with Crippen LogP contribution in [0.25, 0.3) is 22.8 Å². The normalized spacial score (nSPS) is 13.5. The van der Waals surface area contributed by atoms with Crippen LogP contribution < -0.4 is 10.6 Å². The van der Waals surface area contributed by atoms with Gasteiger partial charge in [-0.25, -0.2) is 0 Å². The quantitative estimate of drug-likeness (QED) is 0.773. The van der Waals surface area contributed by atoms with Gasteiger partial charge in [0, 0.05) is 36.0 Å². The van der Waals surface area contributed by atoms with E-state index in [-0.39, 0.29) is 0 Å². The van der Waals surface area contributed by atoms with E-state index in [0.717, 1.165) is 41.3 Å². The fraction of sp³-hybridized carbons (Fsp3) is 0.167. The van der Waals surface area contributed by atoms with E-state index in [9.17, 15) is 0 Å². The molecule has 0 unspecified atom stereocenters. The minimum Gasteiger partial charge on any atom is -0.388 e. The lowest BCUT2D eigenvalue weighted by atomic mass is 10.1. The molecule has 0 saturated carbocycles. The van der Waals surface area contributed by atoms with Gasteiger partial charge in [0.25, 0.3) is 5.89 Å². The number of rotatable bonds is 4. The minimum atomic E-state index is 0.513. The SMILES string of the molecule is CNc1ccc(-c2nc(-c3ccc(C4=NCCN4)cc3)no2)cc1. The molecule has 0 spiro atoms. The van der Waals surface area contributed by atoms with Crippen LogP contribution in [0.2, 0.25) is 0 Å². The lowest BCUT2D eigenvalue weighted by molar-refractivity contribution is 0.432. The van der Waals surface area contributed by atoms with Crippen LogP contribution in [-0.2, 0) is 0 Å². The molecule has 0 aliphatic carbocycles. The van der Waals surface area contributed by atoms with Crippen molar-refractivity contribution in [2.45, 2.75) is 0 Å². The van der Waals surface area contributed by atoms with Crippen molar-refractivity contribution in [2.75, 3.05) is 25.5 Å². The highest BCUT2D eigenvalue weighted by Gasteiger charge is 2.12. The molecular formula is C18H17N5O. The van der Waals surface area contributed by atoms with E-state index >= 15 is 0 Å². The van der Waals surface area contributed by atoms with Crippen LogP contribution >= 0.6 is 0 Å². The molecule has 1 aliphatic rings. The first-order chi connectivity index (χ1) is 11.8. The van der Waals surface area contributed by atoms with E-state index in [2.05, 4.69) is 25.8 Å². The van der Waals surface area contributed by atoms with Crippen molar-refractivity contribution in [1.29, 1.82) is 0 Å². The van der Waals surface area contributed by atoms with Crippen molar-refractivity contribution in [3.05, 3.63) is 54.1 Å². The molecule has 3 aromatic rings. The second-order valence-electron chi connectivity index (χ2n) is 5.48. The largest absolute Gasteiger partial charge is 0.388 e. The molecule has 2 heterocycles. The fourth-order valence-corrected chi connectivity index (χ4v) is 2.61. The Balaban J connectivity index is 1.57. The lowest BCUT2D eigenvalue weighted by Gasteiger charge is -2.02. The highest BCUT2D eigenvalue weighted by molar-refractivity contribution is 6.00. The topological polar surface area (TPSA) is 75.3 Å². The summed E-state index contributed by atoms with van der Waals surface area (Å²) in [6.45, 7) is 1.73. The molecule has 0 fully saturated rings. The van der Waals surface area contributed by atoms with Crippen LogP contribution in [0.4, 0.5) is 5.69 Å². The van der Waals surface area contributed by atoms with Gasteiger partial charge < -0.3 is 15.2 Å². The van der Waals surface area contributed by atoms with E-state index in [4.69, 9.17) is 4.52 Å². The summed E-state index contributed by atoms with van der Waals surface area (Å²) in [5.74, 6) is 2.04. The zero-order valence-corrected chi connectivity index (χ0v) is 13.3. The molecule has 120 valence electrons. The summed E-state index contributed by atoms with van der Waals surface area (Å²) in [6.07, 6.45) is 0. The smallest absolute Gasteiger partial charge is 0.258 e. The molecule has 1 aromatic heterocycles. The maximum atomic E-state index is 5.39. The van der Waals surface area contributed by atoms with Crippen molar-refractivity contribution in [3.63, 3.8) is 0 Å². The van der Waals surface area contributed by atoms with Gasteiger partial charge in [0.15, 0.2) is 0 Å². The Bertz CT molecular complexity index is 865. The number of amidine groups is 1. The van der Waals surface area contributed by atoms with Gasteiger partial charge in [-0.2, -0.15) is 4.98 Å². The molecule has 24 heavy (non-hydrogen) atoms. The lowest BCUT2D eigenvalue weighted by Crippen LogP contribution is -2.19. The van der Waals surface area contributed by atoms with Crippen molar-refractivity contribution < 1.29 is 4.52 Å². The zero-order valence-electron chi connectivity index (χ0n) is 13.3. The molecule has 6 heteroatoms. The van der Waals surface area contributed by atoms with Gasteiger partial charge in [-0.3, -0.25) is 4.99 Å². The van der Waals surface area contributed by atoms with Crippen molar-refractivity contribution in [2.24, 2.45) is 4.99 Å². The van der Waals surface area contributed by atoms with Gasteiger partial charge in [-0.15, -0.1) is 0 Å². The Morgan fingerprint density at radius 1 is 0.958 bits per heavy atom. The van der Waals surface area contributed by atoms with E-state index in [1.165, 1.54) is 0 Å². The minimum absolute atomic E-state index is 0.513. The third-order valence-electron chi connectivity index (χ3n) is 3.94. The Kier molecular flexibility index (Phi) is 3.70. The summed E-state index contributed by atoms with van der Waals surface area (Å²) in [5.41, 5.74) is 3.92. The van der Waals surface area contributed by atoms with Crippen LogP contribution in [0.5, 0.6) is 0 Å². The number of aliphatic imine (C=N–C) groups is 1. The third-order valence-corrected chi connectivity index (χ3v) is 3.94. The van der Waals surface area contributed by atoms with E-state index in [1.807, 2.05) is 55.6 Å². The second kappa shape index (κ2) is 6.16. The summed E-state index contributed by atoms with van der Waals surface area (Å²) in [4.78, 5) is 8.91. The van der Waals surface area contributed by atoms with Gasteiger partial charge in [0.1, 0.15) is 5.84 Å². The molecule has 0 bridgehead atoms. The average Bonchev–Trinajstić information content (AvgIpc) is 3.34. The Morgan fingerprint density at radius 2 is 1.67 bits per heavy atom. The van der Waals surface area contributed by atoms with Crippen molar-refractivity contribution in [3.8, 4) is 22.8 Å². The zero-order chi connectivity index (χ0) is 16.4. The Morgan fingerprint density at radius 3 is 2.33 bits per heavy atom. The number of aromatic nitrogens is 2. The number of hydrogen-bond acceptors (Lipinski definition) is 6. The standard InChI is InChI=1S/C18H17N5O/c1-19-15-8-6-14(7-9-15)18-22-17(23-24-18)13-4-2-12(3-5-13)16-20-10-11-21-16/h2-9,19H,10-11H2,1H3,(H,20,21). The first-order valence-electron chi connectivity index (χ1n) is 7.84. The molecule has 6 nitrogen and oxygen atoms in total. The predicted octanol–water partition coefficient (Wildman–Crippen LogP) is 2.80. The van der Waals surface area contributed by atoms with Gasteiger partial charge in [0.05, 0.1) is 6.54 Å². The maximum absolute atomic E-state index is 5.39. The molecule has 0 atom stereocenters. The molecule has 0 amide bonds. The molecule has 0 saturated heterocycles. The van der Waals surface area contributed by atoms with Gasteiger partial charge in [-0.05, 0) is 24.3 Å². The van der Waals surface area contributed by atoms with Crippen LogP contribution in [0.15, 0.2) is 58.0 Å². The highest BCUT2D eigenvalue weighted by atomic mass is 16.5. The third kappa shape index (κ3) is 2.74. The molecule has 1 aliphatic heterocycles. The first kappa shape index (κ1) is 14.4. The van der Waals surface area contributed by atoms with Crippen molar-refractivity contribution in [1.82, 2.24) is 15.5 Å². The van der Waals surface area contributed by atoms with E-state index < -0.39 is 0 Å². The van der Waals surface area contributed by atoms with Gasteiger partial charge in [-0.1, -0.05) is 29.4 Å². The van der Waals surface area contributed by atoms with E-state index in [0.29, 0.717) is 11.7 Å². The molecular weight excluding hydrogens is 302 g/mol. The van der Waals surface area contributed by atoms with Crippen molar-refractivity contribution >= 4 is 11.5 Å². The number of nitrogens with one attached hydrogen (secondary N) is 2.